The number of H-pyrrole nitrogens is 1. The van der Waals surface area contributed by atoms with E-state index in [0.717, 1.165) is 27.9 Å². The fraction of sp³-hybridized carbons (Fsp3) is 0.192. The Morgan fingerprint density at radius 3 is 2.63 bits per heavy atom. The Morgan fingerprint density at radius 2 is 1.86 bits per heavy atom. The molecule has 0 spiro atoms. The molecule has 176 valence electrons. The summed E-state index contributed by atoms with van der Waals surface area (Å²) >= 11 is 0. The summed E-state index contributed by atoms with van der Waals surface area (Å²) in [6.45, 7) is 6.06. The molecule has 0 saturated carbocycles. The molecule has 9 heteroatoms. The lowest BCUT2D eigenvalue weighted by molar-refractivity contribution is 0.291. The number of aryl methyl sites for hydroxylation is 1. The van der Waals surface area contributed by atoms with Gasteiger partial charge in [-0.05, 0) is 55.3 Å². The van der Waals surface area contributed by atoms with Crippen molar-refractivity contribution < 1.29 is 4.74 Å². The van der Waals surface area contributed by atoms with Gasteiger partial charge in [-0.15, -0.1) is 10.2 Å². The molecule has 2 N–H and O–H groups in total. The molecule has 0 saturated heterocycles. The Morgan fingerprint density at radius 1 is 1.09 bits per heavy atom. The quantitative estimate of drug-likeness (QED) is 0.368. The van der Waals surface area contributed by atoms with E-state index in [9.17, 15) is 4.79 Å². The monoisotopic (exact) mass is 467 g/mol. The Balaban J connectivity index is 1.54. The van der Waals surface area contributed by atoms with E-state index in [1.807, 2.05) is 80.7 Å². The Bertz CT molecular complexity index is 1530. The number of ether oxygens (including phenoxy) is 1. The molecule has 5 aromatic rings. The van der Waals surface area contributed by atoms with Crippen molar-refractivity contribution in [2.45, 2.75) is 33.4 Å². The van der Waals surface area contributed by atoms with Crippen LogP contribution in [0, 0.1) is 13.8 Å². The molecule has 3 heterocycles. The standard InChI is InChI=1S/C26H25N7O2/c1-16-13-21(18(3)27-22-12-8-7-11-20(22)23-29-31-32-30-23)24-28-25(17(2)26(34)33(24)14-16)35-15-19-9-5-4-6-10-19/h4-14,18,27H,15H2,1-3H3,(H,29,30,31,32)/t18-/m1/s1. The molecule has 5 rings (SSSR count). The van der Waals surface area contributed by atoms with Gasteiger partial charge in [-0.2, -0.15) is 10.2 Å². The van der Waals surface area contributed by atoms with Crippen LogP contribution < -0.4 is 15.6 Å². The van der Waals surface area contributed by atoms with Gasteiger partial charge in [0.15, 0.2) is 0 Å². The topological polar surface area (TPSA) is 110 Å². The second-order valence-electron chi connectivity index (χ2n) is 8.43. The zero-order valence-corrected chi connectivity index (χ0v) is 19.7. The summed E-state index contributed by atoms with van der Waals surface area (Å²) in [6.07, 6.45) is 1.81. The van der Waals surface area contributed by atoms with E-state index in [1.165, 1.54) is 0 Å². The smallest absolute Gasteiger partial charge is 0.264 e. The number of hydrogen-bond donors (Lipinski definition) is 2. The molecule has 0 aliphatic rings. The van der Waals surface area contributed by atoms with E-state index in [4.69, 9.17) is 9.72 Å². The third-order valence-electron chi connectivity index (χ3n) is 5.84. The molecule has 0 radical (unpaired) electrons. The molecule has 3 aromatic heterocycles. The zero-order valence-electron chi connectivity index (χ0n) is 19.7. The number of aromatic nitrogens is 6. The van der Waals surface area contributed by atoms with Gasteiger partial charge in [0.05, 0.1) is 11.6 Å². The summed E-state index contributed by atoms with van der Waals surface area (Å²) in [4.78, 5) is 18.0. The number of aromatic amines is 1. The third-order valence-corrected chi connectivity index (χ3v) is 5.84. The van der Waals surface area contributed by atoms with Crippen molar-refractivity contribution in [1.82, 2.24) is 30.0 Å². The van der Waals surface area contributed by atoms with Crippen molar-refractivity contribution in [3.8, 4) is 17.3 Å². The fourth-order valence-electron chi connectivity index (χ4n) is 4.05. The predicted octanol–water partition coefficient (Wildman–Crippen LogP) is 4.24. The maximum atomic E-state index is 13.3. The number of nitrogens with one attached hydrogen (secondary N) is 2. The van der Waals surface area contributed by atoms with Crippen LogP contribution in [0.1, 0.15) is 35.2 Å². The molecule has 0 unspecified atom stereocenters. The van der Waals surface area contributed by atoms with Crippen LogP contribution in [0.15, 0.2) is 71.7 Å². The van der Waals surface area contributed by atoms with Crippen LogP contribution in [-0.2, 0) is 6.61 Å². The summed E-state index contributed by atoms with van der Waals surface area (Å²) in [6, 6.07) is 19.4. The average Bonchev–Trinajstić information content (AvgIpc) is 3.41. The SMILES string of the molecule is Cc1cc([C@@H](C)Nc2ccccc2-c2nn[nH]n2)c2nc(OCc3ccccc3)c(C)c(=O)n2c1. The van der Waals surface area contributed by atoms with Crippen LogP contribution in [0.3, 0.4) is 0 Å². The molecule has 0 aliphatic heterocycles. The van der Waals surface area contributed by atoms with Crippen molar-refractivity contribution in [3.05, 3.63) is 99.5 Å². The van der Waals surface area contributed by atoms with Crippen LogP contribution in [0.4, 0.5) is 5.69 Å². The lowest BCUT2D eigenvalue weighted by Gasteiger charge is -2.20. The number of rotatable bonds is 7. The number of pyridine rings is 1. The molecule has 0 aliphatic carbocycles. The molecule has 0 bridgehead atoms. The first-order valence-electron chi connectivity index (χ1n) is 11.3. The average molecular weight is 468 g/mol. The van der Waals surface area contributed by atoms with E-state index >= 15 is 0 Å². The Kier molecular flexibility index (Phi) is 5.97. The Hall–Kier alpha value is -4.53. The first kappa shape index (κ1) is 22.3. The molecule has 0 fully saturated rings. The van der Waals surface area contributed by atoms with Gasteiger partial charge < -0.3 is 10.1 Å². The second kappa shape index (κ2) is 9.38. The van der Waals surface area contributed by atoms with Crippen LogP contribution >= 0.6 is 0 Å². The fourth-order valence-corrected chi connectivity index (χ4v) is 4.05. The highest BCUT2D eigenvalue weighted by Gasteiger charge is 2.19. The number of anilines is 1. The molecular formula is C26H25N7O2. The number of hydrogen-bond acceptors (Lipinski definition) is 7. The second-order valence-corrected chi connectivity index (χ2v) is 8.43. The van der Waals surface area contributed by atoms with Crippen molar-refractivity contribution in [1.29, 1.82) is 0 Å². The molecule has 9 nitrogen and oxygen atoms in total. The maximum Gasteiger partial charge on any atom is 0.264 e. The normalized spacial score (nSPS) is 12.0. The van der Waals surface area contributed by atoms with Crippen molar-refractivity contribution in [2.75, 3.05) is 5.32 Å². The van der Waals surface area contributed by atoms with Crippen molar-refractivity contribution in [3.63, 3.8) is 0 Å². The number of benzene rings is 2. The van der Waals surface area contributed by atoms with Gasteiger partial charge in [-0.3, -0.25) is 9.20 Å². The molecular weight excluding hydrogens is 442 g/mol. The molecule has 1 atom stereocenters. The maximum absolute atomic E-state index is 13.3. The summed E-state index contributed by atoms with van der Waals surface area (Å²) in [7, 11) is 0. The molecule has 35 heavy (non-hydrogen) atoms. The van der Waals surface area contributed by atoms with E-state index in [1.54, 1.807) is 11.3 Å². The lowest BCUT2D eigenvalue weighted by atomic mass is 10.1. The van der Waals surface area contributed by atoms with E-state index < -0.39 is 0 Å². The highest BCUT2D eigenvalue weighted by atomic mass is 16.5. The van der Waals surface area contributed by atoms with Crippen LogP contribution in [-0.4, -0.2) is 30.0 Å². The highest BCUT2D eigenvalue weighted by molar-refractivity contribution is 5.73. The van der Waals surface area contributed by atoms with Crippen molar-refractivity contribution in [2.24, 2.45) is 0 Å². The van der Waals surface area contributed by atoms with Crippen molar-refractivity contribution >= 4 is 11.3 Å². The van der Waals surface area contributed by atoms with Gasteiger partial charge in [0.2, 0.25) is 11.7 Å². The van der Waals surface area contributed by atoms with Crippen LogP contribution in [0.25, 0.3) is 17.0 Å². The van der Waals surface area contributed by atoms with E-state index in [0.29, 0.717) is 29.5 Å². The van der Waals surface area contributed by atoms with Gasteiger partial charge in [0.25, 0.3) is 5.56 Å². The first-order chi connectivity index (χ1) is 17.0. The van der Waals surface area contributed by atoms with Gasteiger partial charge in [-0.1, -0.05) is 42.5 Å². The number of fused-ring (bicyclic) bond motifs is 1. The number of para-hydroxylation sites is 1. The van der Waals surface area contributed by atoms with Gasteiger partial charge >= 0.3 is 0 Å². The van der Waals surface area contributed by atoms with Gasteiger partial charge in [-0.25, -0.2) is 0 Å². The zero-order chi connectivity index (χ0) is 24.4. The van der Waals surface area contributed by atoms with Crippen LogP contribution in [0.5, 0.6) is 5.88 Å². The highest BCUT2D eigenvalue weighted by Crippen LogP contribution is 2.30. The van der Waals surface area contributed by atoms with E-state index in [-0.39, 0.29) is 11.6 Å². The number of tetrazole rings is 1. The minimum atomic E-state index is -0.186. The van der Waals surface area contributed by atoms with Gasteiger partial charge in [0.1, 0.15) is 12.3 Å². The summed E-state index contributed by atoms with van der Waals surface area (Å²) in [5, 5.41) is 17.9. The summed E-state index contributed by atoms with van der Waals surface area (Å²) in [5.74, 6) is 0.833. The van der Waals surface area contributed by atoms with Gasteiger partial charge in [0, 0.05) is 23.0 Å². The minimum absolute atomic E-state index is 0.151. The number of nitrogens with zero attached hydrogens (tertiary/aromatic N) is 5. The minimum Gasteiger partial charge on any atom is -0.472 e. The molecule has 2 aromatic carbocycles. The van der Waals surface area contributed by atoms with E-state index in [2.05, 4.69) is 25.9 Å². The predicted molar refractivity (Wildman–Crippen MR) is 133 cm³/mol. The summed E-state index contributed by atoms with van der Waals surface area (Å²) in [5.41, 5.74) is 5.36. The largest absolute Gasteiger partial charge is 0.472 e. The Labute approximate surface area is 201 Å². The van der Waals surface area contributed by atoms with Crippen LogP contribution in [0.2, 0.25) is 0 Å². The lowest BCUT2D eigenvalue weighted by Crippen LogP contribution is -2.22. The molecule has 0 amide bonds. The first-order valence-corrected chi connectivity index (χ1v) is 11.3. The third kappa shape index (κ3) is 4.48. The summed E-state index contributed by atoms with van der Waals surface area (Å²) < 4.78 is 7.59.